The molecule has 0 spiro atoms. The van der Waals surface area contributed by atoms with E-state index in [9.17, 15) is 0 Å². The third kappa shape index (κ3) is 1.10. The van der Waals surface area contributed by atoms with Gasteiger partial charge in [0.2, 0.25) is 0 Å². The van der Waals surface area contributed by atoms with Gasteiger partial charge in [-0.3, -0.25) is 0 Å². The monoisotopic (exact) mass is 236 g/mol. The van der Waals surface area contributed by atoms with Crippen molar-refractivity contribution >= 4 is 0 Å². The predicted octanol–water partition coefficient (Wildman–Crippen LogP) is 2.97. The van der Waals surface area contributed by atoms with Crippen molar-refractivity contribution in [2.24, 2.45) is 0 Å². The predicted molar refractivity (Wildman–Crippen MR) is 72.1 cm³/mol. The van der Waals surface area contributed by atoms with Crippen molar-refractivity contribution in [1.29, 1.82) is 0 Å². The van der Waals surface area contributed by atoms with Gasteiger partial charge < -0.3 is 0 Å². The van der Waals surface area contributed by atoms with E-state index >= 15 is 0 Å². The zero-order chi connectivity index (χ0) is 12.3. The van der Waals surface area contributed by atoms with Crippen LogP contribution in [0.1, 0.15) is 34.3 Å². The fourth-order valence-corrected chi connectivity index (χ4v) is 3.52. The Morgan fingerprint density at radius 1 is 0.611 bits per heavy atom. The lowest BCUT2D eigenvalue weighted by atomic mass is 9.76. The van der Waals surface area contributed by atoms with Crippen LogP contribution in [0, 0.1) is 0 Å². The summed E-state index contributed by atoms with van der Waals surface area (Å²) in [6.07, 6.45) is 0. The van der Waals surface area contributed by atoms with E-state index in [4.69, 9.17) is 0 Å². The normalized spacial score (nSPS) is 25.9. The number of rotatable bonds is 0. The van der Waals surface area contributed by atoms with E-state index in [1.54, 1.807) is 0 Å². The van der Waals surface area contributed by atoms with E-state index in [0.29, 0.717) is 12.1 Å². The first kappa shape index (κ1) is 10.3. The molecule has 0 N–H and O–H groups in total. The minimum Gasteiger partial charge on any atom is -0.232 e. The molecule has 0 unspecified atom stereocenters. The van der Waals surface area contributed by atoms with Crippen LogP contribution in [0.25, 0.3) is 0 Å². The van der Waals surface area contributed by atoms with Crippen LogP contribution in [0.5, 0.6) is 0 Å². The average Bonchev–Trinajstić information content (AvgIpc) is 2.42. The van der Waals surface area contributed by atoms with Crippen LogP contribution in [-0.2, 0) is 0 Å². The topological polar surface area (TPSA) is 6.48 Å². The molecule has 0 fully saturated rings. The molecule has 0 atom stereocenters. The van der Waals surface area contributed by atoms with Gasteiger partial charge in [0.25, 0.3) is 0 Å². The van der Waals surface area contributed by atoms with Gasteiger partial charge in [-0.1, -0.05) is 48.5 Å². The lowest BCUT2D eigenvalue weighted by molar-refractivity contribution is -0.0559. The number of benzene rings is 2. The second kappa shape index (κ2) is 3.44. The highest BCUT2D eigenvalue weighted by atomic mass is 15.6. The fourth-order valence-electron chi connectivity index (χ4n) is 3.52. The summed E-state index contributed by atoms with van der Waals surface area (Å²) >= 11 is 0. The largest absolute Gasteiger partial charge is 0.232 e. The van der Waals surface area contributed by atoms with E-state index in [1.165, 1.54) is 22.3 Å². The van der Waals surface area contributed by atoms with E-state index in [2.05, 4.69) is 72.6 Å². The smallest absolute Gasteiger partial charge is 0.0749 e. The maximum absolute atomic E-state index is 2.36. The molecule has 2 aromatic rings. The van der Waals surface area contributed by atoms with Crippen molar-refractivity contribution in [3.05, 3.63) is 70.8 Å². The SMILES string of the molecule is CN1C2c3ccccc3C(c3ccccc32)N1C. The summed E-state index contributed by atoms with van der Waals surface area (Å²) in [4.78, 5) is 0. The third-order valence-electron chi connectivity index (χ3n) is 4.42. The summed E-state index contributed by atoms with van der Waals surface area (Å²) in [6, 6.07) is 18.4. The number of hydrogen-bond acceptors (Lipinski definition) is 2. The van der Waals surface area contributed by atoms with Gasteiger partial charge in [0.1, 0.15) is 0 Å². The van der Waals surface area contributed by atoms with Gasteiger partial charge in [0.05, 0.1) is 12.1 Å². The number of hydrogen-bond donors (Lipinski definition) is 0. The molecular weight excluding hydrogens is 220 g/mol. The molecule has 2 aliphatic heterocycles. The summed E-state index contributed by atoms with van der Waals surface area (Å²) in [6.45, 7) is 0. The van der Waals surface area contributed by atoms with E-state index in [-0.39, 0.29) is 0 Å². The first-order valence-corrected chi connectivity index (χ1v) is 6.42. The minimum atomic E-state index is 0.368. The molecule has 2 heteroatoms. The van der Waals surface area contributed by atoms with Crippen molar-refractivity contribution in [3.63, 3.8) is 0 Å². The van der Waals surface area contributed by atoms with Gasteiger partial charge in [-0.05, 0) is 22.3 Å². The zero-order valence-corrected chi connectivity index (χ0v) is 10.7. The number of hydrazine groups is 1. The first-order valence-electron chi connectivity index (χ1n) is 6.42. The molecule has 18 heavy (non-hydrogen) atoms. The van der Waals surface area contributed by atoms with E-state index < -0.39 is 0 Å². The zero-order valence-electron chi connectivity index (χ0n) is 10.7. The molecule has 0 amide bonds. The van der Waals surface area contributed by atoms with Gasteiger partial charge in [-0.15, -0.1) is 0 Å². The summed E-state index contributed by atoms with van der Waals surface area (Å²) in [7, 11) is 4.37. The number of fused-ring (bicyclic) bond motifs is 1. The van der Waals surface area contributed by atoms with Crippen LogP contribution in [0.4, 0.5) is 0 Å². The molecule has 2 heterocycles. The first-order chi connectivity index (χ1) is 8.79. The molecule has 2 nitrogen and oxygen atoms in total. The molecule has 5 rings (SSSR count). The molecule has 1 aliphatic carbocycles. The molecule has 0 aromatic heterocycles. The molecule has 0 saturated carbocycles. The standard InChI is InChI=1S/C16H16N2/c1-17-15-11-7-3-5-9-13(11)16(18(17)2)14-10-6-4-8-12(14)15/h3-10,15-16H,1-2H3. The minimum absolute atomic E-state index is 0.368. The van der Waals surface area contributed by atoms with Crippen molar-refractivity contribution in [3.8, 4) is 0 Å². The van der Waals surface area contributed by atoms with Crippen LogP contribution < -0.4 is 0 Å². The van der Waals surface area contributed by atoms with Crippen molar-refractivity contribution < 1.29 is 0 Å². The summed E-state index contributed by atoms with van der Waals surface area (Å²) in [5, 5.41) is 4.71. The lowest BCUT2D eigenvalue weighted by Crippen LogP contribution is -2.51. The summed E-state index contributed by atoms with van der Waals surface area (Å²) in [5.74, 6) is 0. The molecule has 90 valence electrons. The van der Waals surface area contributed by atoms with Gasteiger partial charge in [-0.2, -0.15) is 0 Å². The van der Waals surface area contributed by atoms with Crippen LogP contribution in [0.15, 0.2) is 48.5 Å². The Hall–Kier alpha value is -1.64. The molecule has 0 radical (unpaired) electrons. The molecule has 3 aliphatic rings. The average molecular weight is 236 g/mol. The lowest BCUT2D eigenvalue weighted by Gasteiger charge is -2.52. The van der Waals surface area contributed by atoms with Crippen LogP contribution in [0.3, 0.4) is 0 Å². The Morgan fingerprint density at radius 3 is 1.17 bits per heavy atom. The third-order valence-corrected chi connectivity index (χ3v) is 4.42. The fraction of sp³-hybridized carbons (Fsp3) is 0.250. The maximum Gasteiger partial charge on any atom is 0.0749 e. The Labute approximate surface area is 107 Å². The second-order valence-electron chi connectivity index (χ2n) is 5.21. The van der Waals surface area contributed by atoms with Crippen LogP contribution in [-0.4, -0.2) is 24.1 Å². The second-order valence-corrected chi connectivity index (χ2v) is 5.21. The molecule has 0 saturated heterocycles. The number of nitrogens with zero attached hydrogens (tertiary/aromatic N) is 2. The van der Waals surface area contributed by atoms with Gasteiger partial charge in [0.15, 0.2) is 0 Å². The van der Waals surface area contributed by atoms with E-state index in [1.807, 2.05) is 0 Å². The van der Waals surface area contributed by atoms with Crippen LogP contribution >= 0.6 is 0 Å². The van der Waals surface area contributed by atoms with Crippen molar-refractivity contribution in [2.45, 2.75) is 12.1 Å². The quantitative estimate of drug-likeness (QED) is 0.694. The Kier molecular flexibility index (Phi) is 1.97. The molecule has 2 aromatic carbocycles. The van der Waals surface area contributed by atoms with E-state index in [0.717, 1.165) is 0 Å². The molecule has 2 bridgehead atoms. The Balaban J connectivity index is 2.06. The highest BCUT2D eigenvalue weighted by molar-refractivity contribution is 5.53. The summed E-state index contributed by atoms with van der Waals surface area (Å²) in [5.41, 5.74) is 5.84. The van der Waals surface area contributed by atoms with Crippen molar-refractivity contribution in [2.75, 3.05) is 14.1 Å². The Bertz CT molecular complexity index is 518. The van der Waals surface area contributed by atoms with Gasteiger partial charge in [-0.25, -0.2) is 10.0 Å². The summed E-state index contributed by atoms with van der Waals surface area (Å²) < 4.78 is 0. The van der Waals surface area contributed by atoms with Crippen LogP contribution in [0.2, 0.25) is 0 Å². The molecular formula is C16H16N2. The Morgan fingerprint density at radius 2 is 0.889 bits per heavy atom. The highest BCUT2D eigenvalue weighted by Crippen LogP contribution is 2.50. The van der Waals surface area contributed by atoms with Gasteiger partial charge in [0, 0.05) is 14.1 Å². The highest BCUT2D eigenvalue weighted by Gasteiger charge is 2.43. The van der Waals surface area contributed by atoms with Crippen molar-refractivity contribution in [1.82, 2.24) is 10.0 Å². The van der Waals surface area contributed by atoms with Gasteiger partial charge >= 0.3 is 0 Å². The maximum atomic E-state index is 2.36.